The first-order chi connectivity index (χ1) is 16.9. The molecular weight excluding hydrogens is 501 g/mol. The second kappa shape index (κ2) is 10.5. The van der Waals surface area contributed by atoms with E-state index in [1.807, 2.05) is 41.1 Å². The highest BCUT2D eigenvalue weighted by Gasteiger charge is 2.35. The normalized spacial score (nSPS) is 19.3. The second-order valence-electron chi connectivity index (χ2n) is 9.87. The van der Waals surface area contributed by atoms with Crippen LogP contribution in [0, 0.1) is 5.92 Å². The van der Waals surface area contributed by atoms with Crippen molar-refractivity contribution in [2.45, 2.75) is 70.3 Å². The molecule has 1 aromatic heterocycles. The Bertz CT molecular complexity index is 1210. The van der Waals surface area contributed by atoms with Gasteiger partial charge in [0.15, 0.2) is 0 Å². The highest BCUT2D eigenvalue weighted by atomic mass is 35.5. The Morgan fingerprint density at radius 1 is 0.971 bits per heavy atom. The van der Waals surface area contributed by atoms with E-state index in [9.17, 15) is 4.79 Å². The quantitative estimate of drug-likeness (QED) is 0.363. The van der Waals surface area contributed by atoms with Crippen molar-refractivity contribution in [1.29, 1.82) is 0 Å². The molecule has 35 heavy (non-hydrogen) atoms. The van der Waals surface area contributed by atoms with Gasteiger partial charge in [-0.25, -0.2) is 4.68 Å². The van der Waals surface area contributed by atoms with E-state index in [1.54, 1.807) is 6.07 Å². The predicted molar refractivity (Wildman–Crippen MR) is 144 cm³/mol. The zero-order valence-corrected chi connectivity index (χ0v) is 22.1. The molecule has 1 amide bonds. The molecule has 184 valence electrons. The van der Waals surface area contributed by atoms with E-state index in [1.165, 1.54) is 32.1 Å². The minimum atomic E-state index is -0.275. The highest BCUT2D eigenvalue weighted by Crippen LogP contribution is 2.40. The third kappa shape index (κ3) is 5.12. The Kier molecular flexibility index (Phi) is 7.43. The van der Waals surface area contributed by atoms with Gasteiger partial charge in [-0.3, -0.25) is 4.79 Å². The smallest absolute Gasteiger partial charge is 0.229 e. The van der Waals surface area contributed by atoms with Crippen molar-refractivity contribution in [3.05, 3.63) is 68.8 Å². The lowest BCUT2D eigenvalue weighted by Gasteiger charge is -2.30. The molecular formula is C28H30Cl3N3O. The number of fused-ring (bicyclic) bond motifs is 1. The molecule has 1 fully saturated rings. The minimum Gasteiger partial charge on any atom is -0.353 e. The summed E-state index contributed by atoms with van der Waals surface area (Å²) in [5.41, 5.74) is 4.64. The summed E-state index contributed by atoms with van der Waals surface area (Å²) < 4.78 is 1.88. The topological polar surface area (TPSA) is 46.9 Å². The third-order valence-electron chi connectivity index (χ3n) is 7.56. The lowest BCUT2D eigenvalue weighted by molar-refractivity contribution is -0.124. The molecule has 0 bridgehead atoms. The fourth-order valence-electron chi connectivity index (χ4n) is 5.68. The number of benzene rings is 2. The summed E-state index contributed by atoms with van der Waals surface area (Å²) in [5, 5.41) is 10.1. The van der Waals surface area contributed by atoms with Crippen LogP contribution in [0.15, 0.2) is 42.5 Å². The van der Waals surface area contributed by atoms with Gasteiger partial charge in [-0.05, 0) is 75.3 Å². The summed E-state index contributed by atoms with van der Waals surface area (Å²) in [7, 11) is 0. The zero-order valence-electron chi connectivity index (χ0n) is 19.9. The fourth-order valence-corrected chi connectivity index (χ4v) is 6.29. The van der Waals surface area contributed by atoms with Crippen LogP contribution in [0.2, 0.25) is 15.1 Å². The first kappa shape index (κ1) is 24.7. The van der Waals surface area contributed by atoms with Crippen LogP contribution >= 0.6 is 34.8 Å². The number of aromatic nitrogens is 2. The Hall–Kier alpha value is -2.01. The number of hydrogen-bond donors (Lipinski definition) is 1. The van der Waals surface area contributed by atoms with Gasteiger partial charge in [0, 0.05) is 27.2 Å². The number of rotatable bonds is 5. The van der Waals surface area contributed by atoms with Gasteiger partial charge < -0.3 is 5.32 Å². The van der Waals surface area contributed by atoms with Gasteiger partial charge in [0.1, 0.15) is 0 Å². The number of nitrogens with zero attached hydrogens (tertiary/aromatic N) is 2. The number of nitrogens with one attached hydrogen (secondary N) is 1. The van der Waals surface area contributed by atoms with Crippen LogP contribution in [0.25, 0.3) is 16.9 Å². The van der Waals surface area contributed by atoms with Crippen molar-refractivity contribution in [3.63, 3.8) is 0 Å². The third-order valence-corrected chi connectivity index (χ3v) is 8.35. The number of carbonyl (C=O) groups excluding carboxylic acids is 1. The van der Waals surface area contributed by atoms with E-state index < -0.39 is 0 Å². The van der Waals surface area contributed by atoms with E-state index >= 15 is 0 Å². The monoisotopic (exact) mass is 529 g/mol. The number of hydrogen-bond acceptors (Lipinski definition) is 2. The molecule has 4 nitrogen and oxygen atoms in total. The standard InChI is InChI=1S/C28H30Cl3N3O/c1-17(18-6-3-2-4-7-18)32-28(35)23-9-5-8-22-26(23)33-34(25-15-14-21(30)16-24(25)31)27(22)19-10-12-20(29)13-11-19/h10-18,23H,2-9H2,1H3,(H,32,35)/t17-,23?/m1/s1. The Morgan fingerprint density at radius 3 is 2.40 bits per heavy atom. The molecule has 1 N–H and O–H groups in total. The Labute approximate surface area is 222 Å². The van der Waals surface area contributed by atoms with Crippen LogP contribution in [0.5, 0.6) is 0 Å². The fraction of sp³-hybridized carbons (Fsp3) is 0.429. The molecule has 3 aromatic rings. The predicted octanol–water partition coefficient (Wildman–Crippen LogP) is 8.00. The van der Waals surface area contributed by atoms with Crippen LogP contribution < -0.4 is 5.32 Å². The van der Waals surface area contributed by atoms with Crippen LogP contribution in [-0.4, -0.2) is 21.7 Å². The summed E-state index contributed by atoms with van der Waals surface area (Å²) in [4.78, 5) is 13.5. The van der Waals surface area contributed by atoms with E-state index in [-0.39, 0.29) is 17.9 Å². The van der Waals surface area contributed by atoms with Crippen molar-refractivity contribution in [2.75, 3.05) is 0 Å². The van der Waals surface area contributed by atoms with E-state index in [4.69, 9.17) is 39.9 Å². The van der Waals surface area contributed by atoms with Crippen LogP contribution in [0.4, 0.5) is 0 Å². The molecule has 2 aliphatic carbocycles. The number of halogens is 3. The van der Waals surface area contributed by atoms with Gasteiger partial charge in [-0.2, -0.15) is 5.10 Å². The first-order valence-electron chi connectivity index (χ1n) is 12.6. The highest BCUT2D eigenvalue weighted by molar-refractivity contribution is 6.35. The minimum absolute atomic E-state index is 0.0820. The summed E-state index contributed by atoms with van der Waals surface area (Å²) in [6.07, 6.45) is 8.81. The number of carbonyl (C=O) groups is 1. The van der Waals surface area contributed by atoms with Crippen LogP contribution in [0.3, 0.4) is 0 Å². The largest absolute Gasteiger partial charge is 0.353 e. The summed E-state index contributed by atoms with van der Waals surface area (Å²) >= 11 is 19.0. The molecule has 2 aromatic carbocycles. The van der Waals surface area contributed by atoms with Crippen molar-refractivity contribution in [2.24, 2.45) is 5.92 Å². The lowest BCUT2D eigenvalue weighted by atomic mass is 9.83. The molecule has 0 aliphatic heterocycles. The molecule has 1 unspecified atom stereocenters. The van der Waals surface area contributed by atoms with Gasteiger partial charge >= 0.3 is 0 Å². The van der Waals surface area contributed by atoms with Crippen molar-refractivity contribution >= 4 is 40.7 Å². The van der Waals surface area contributed by atoms with Crippen molar-refractivity contribution in [3.8, 4) is 16.9 Å². The van der Waals surface area contributed by atoms with Gasteiger partial charge in [-0.15, -0.1) is 0 Å². The first-order valence-corrected chi connectivity index (χ1v) is 13.7. The molecule has 1 saturated carbocycles. The second-order valence-corrected chi connectivity index (χ2v) is 11.1. The molecule has 7 heteroatoms. The van der Waals surface area contributed by atoms with Crippen LogP contribution in [-0.2, 0) is 11.2 Å². The molecule has 5 rings (SSSR count). The van der Waals surface area contributed by atoms with Gasteiger partial charge in [-0.1, -0.05) is 66.2 Å². The Balaban J connectivity index is 1.54. The van der Waals surface area contributed by atoms with Crippen LogP contribution in [0.1, 0.15) is 69.0 Å². The summed E-state index contributed by atoms with van der Waals surface area (Å²) in [6, 6.07) is 13.3. The SMILES string of the molecule is C[C@@H](NC(=O)C1CCCc2c1nn(-c1ccc(Cl)cc1Cl)c2-c1ccc(Cl)cc1)C1CCCCC1. The molecule has 2 atom stereocenters. The summed E-state index contributed by atoms with van der Waals surface area (Å²) in [5.74, 6) is 0.368. The number of amides is 1. The van der Waals surface area contributed by atoms with E-state index in [0.717, 1.165) is 47.5 Å². The molecule has 0 saturated heterocycles. The van der Waals surface area contributed by atoms with Gasteiger partial charge in [0.25, 0.3) is 0 Å². The van der Waals surface area contributed by atoms with E-state index in [0.29, 0.717) is 21.0 Å². The molecule has 1 heterocycles. The van der Waals surface area contributed by atoms with Crippen molar-refractivity contribution in [1.82, 2.24) is 15.1 Å². The maximum atomic E-state index is 13.5. The zero-order chi connectivity index (χ0) is 24.5. The average Bonchev–Trinajstić information content (AvgIpc) is 3.24. The molecule has 2 aliphatic rings. The summed E-state index contributed by atoms with van der Waals surface area (Å²) in [6.45, 7) is 2.16. The maximum absolute atomic E-state index is 13.5. The Morgan fingerprint density at radius 2 is 1.69 bits per heavy atom. The van der Waals surface area contributed by atoms with Gasteiger partial charge in [0.2, 0.25) is 5.91 Å². The van der Waals surface area contributed by atoms with E-state index in [2.05, 4.69) is 12.2 Å². The van der Waals surface area contributed by atoms with Crippen molar-refractivity contribution < 1.29 is 4.79 Å². The molecule has 0 radical (unpaired) electrons. The lowest BCUT2D eigenvalue weighted by Crippen LogP contribution is -2.42. The molecule has 0 spiro atoms. The average molecular weight is 531 g/mol. The maximum Gasteiger partial charge on any atom is 0.229 e. The van der Waals surface area contributed by atoms with Gasteiger partial charge in [0.05, 0.1) is 28.0 Å².